The zero-order valence-electron chi connectivity index (χ0n) is 7.83. The van der Waals surface area contributed by atoms with Crippen LogP contribution in [0.3, 0.4) is 0 Å². The molecule has 2 rings (SSSR count). The van der Waals surface area contributed by atoms with Crippen molar-refractivity contribution >= 4 is 27.3 Å². The second kappa shape index (κ2) is 4.28. The van der Waals surface area contributed by atoms with Crippen LogP contribution in [0.4, 0.5) is 4.39 Å². The number of aromatic nitrogens is 1. The number of nitrogens with zero attached hydrogens (tertiary/aromatic N) is 1. The molecule has 0 N–H and O–H groups in total. The number of hydrogen-bond acceptors (Lipinski definition) is 3. The molecule has 0 radical (unpaired) electrons. The number of rotatable bonds is 2. The first-order valence-corrected chi connectivity index (χ1v) is 5.87. The van der Waals surface area contributed by atoms with Crippen molar-refractivity contribution in [3.05, 3.63) is 39.6 Å². The van der Waals surface area contributed by atoms with Gasteiger partial charge in [-0.1, -0.05) is 27.3 Å². The van der Waals surface area contributed by atoms with Crippen LogP contribution in [0, 0.1) is 12.7 Å². The van der Waals surface area contributed by atoms with E-state index < -0.39 is 0 Å². The molecule has 0 amide bonds. The SMILES string of the molecule is Cc1csc(Oc2cc(F)cc(Br)c2)n1. The predicted octanol–water partition coefficient (Wildman–Crippen LogP) is 4.15. The van der Waals surface area contributed by atoms with E-state index in [0.717, 1.165) is 5.69 Å². The van der Waals surface area contributed by atoms with Gasteiger partial charge in [-0.25, -0.2) is 9.37 Å². The number of benzene rings is 1. The average Bonchev–Trinajstić information content (AvgIpc) is 2.49. The van der Waals surface area contributed by atoms with Gasteiger partial charge in [0.15, 0.2) is 0 Å². The van der Waals surface area contributed by atoms with E-state index >= 15 is 0 Å². The van der Waals surface area contributed by atoms with Gasteiger partial charge in [0.2, 0.25) is 0 Å². The highest BCUT2D eigenvalue weighted by Gasteiger charge is 2.04. The summed E-state index contributed by atoms with van der Waals surface area (Å²) in [5.41, 5.74) is 0.894. The van der Waals surface area contributed by atoms with E-state index in [9.17, 15) is 4.39 Å². The topological polar surface area (TPSA) is 22.1 Å². The van der Waals surface area contributed by atoms with Crippen LogP contribution >= 0.6 is 27.3 Å². The van der Waals surface area contributed by atoms with Gasteiger partial charge in [-0.15, -0.1) is 0 Å². The van der Waals surface area contributed by atoms with E-state index in [1.807, 2.05) is 12.3 Å². The third-order valence-electron chi connectivity index (χ3n) is 1.64. The van der Waals surface area contributed by atoms with Gasteiger partial charge in [0, 0.05) is 15.9 Å². The average molecular weight is 288 g/mol. The minimum absolute atomic E-state index is 0.340. The molecule has 0 aliphatic heterocycles. The number of ether oxygens (including phenoxy) is 1. The van der Waals surface area contributed by atoms with Crippen LogP contribution < -0.4 is 4.74 Å². The van der Waals surface area contributed by atoms with E-state index in [4.69, 9.17) is 4.74 Å². The first-order valence-electron chi connectivity index (χ1n) is 4.19. The third-order valence-corrected chi connectivity index (χ3v) is 2.93. The number of aryl methyl sites for hydroxylation is 1. The summed E-state index contributed by atoms with van der Waals surface area (Å²) in [5, 5.41) is 2.40. The Labute approximate surface area is 98.9 Å². The smallest absolute Gasteiger partial charge is 0.278 e. The summed E-state index contributed by atoms with van der Waals surface area (Å²) in [6.45, 7) is 1.88. The maximum Gasteiger partial charge on any atom is 0.278 e. The van der Waals surface area contributed by atoms with Crippen molar-refractivity contribution in [1.82, 2.24) is 4.98 Å². The fraction of sp³-hybridized carbons (Fsp3) is 0.100. The van der Waals surface area contributed by atoms with Gasteiger partial charge in [-0.05, 0) is 19.1 Å². The Balaban J connectivity index is 2.24. The Morgan fingerprint density at radius 3 is 2.80 bits per heavy atom. The van der Waals surface area contributed by atoms with Gasteiger partial charge in [-0.2, -0.15) is 0 Å². The molecule has 2 aromatic rings. The van der Waals surface area contributed by atoms with Crippen LogP contribution in [0.15, 0.2) is 28.1 Å². The van der Waals surface area contributed by atoms with Gasteiger partial charge < -0.3 is 4.74 Å². The number of hydrogen-bond donors (Lipinski definition) is 0. The number of thiazole rings is 1. The van der Waals surface area contributed by atoms with Crippen LogP contribution in [0.1, 0.15) is 5.69 Å². The van der Waals surface area contributed by atoms with Crippen molar-refractivity contribution < 1.29 is 9.13 Å². The molecule has 15 heavy (non-hydrogen) atoms. The van der Waals surface area contributed by atoms with Crippen molar-refractivity contribution in [1.29, 1.82) is 0 Å². The molecule has 2 nitrogen and oxygen atoms in total. The molecule has 0 aliphatic rings. The minimum Gasteiger partial charge on any atom is -0.431 e. The van der Waals surface area contributed by atoms with Crippen molar-refractivity contribution in [2.45, 2.75) is 6.92 Å². The third kappa shape index (κ3) is 2.76. The molecular weight excluding hydrogens is 281 g/mol. The molecule has 78 valence electrons. The molecule has 0 aliphatic carbocycles. The highest BCUT2D eigenvalue weighted by Crippen LogP contribution is 2.27. The summed E-state index contributed by atoms with van der Waals surface area (Å²) in [6, 6.07) is 4.39. The molecule has 1 aromatic heterocycles. The highest BCUT2D eigenvalue weighted by atomic mass is 79.9. The standard InChI is InChI=1S/C10H7BrFNOS/c1-6-5-15-10(13-6)14-9-3-7(11)2-8(12)4-9/h2-5H,1H3. The minimum atomic E-state index is -0.340. The molecule has 0 saturated carbocycles. The molecule has 5 heteroatoms. The molecule has 0 unspecified atom stereocenters. The van der Waals surface area contributed by atoms with Crippen molar-refractivity contribution in [2.75, 3.05) is 0 Å². The summed E-state index contributed by atoms with van der Waals surface area (Å²) >= 11 is 4.58. The van der Waals surface area contributed by atoms with Crippen LogP contribution in [0.25, 0.3) is 0 Å². The molecule has 0 bridgehead atoms. The lowest BCUT2D eigenvalue weighted by Crippen LogP contribution is -1.85. The lowest BCUT2D eigenvalue weighted by atomic mass is 10.3. The highest BCUT2D eigenvalue weighted by molar-refractivity contribution is 9.10. The second-order valence-corrected chi connectivity index (χ2v) is 4.70. The molecule has 1 heterocycles. The van der Waals surface area contributed by atoms with E-state index in [2.05, 4.69) is 20.9 Å². The summed E-state index contributed by atoms with van der Waals surface area (Å²) in [5.74, 6) is 0.101. The summed E-state index contributed by atoms with van der Waals surface area (Å²) < 4.78 is 19.1. The van der Waals surface area contributed by atoms with Crippen molar-refractivity contribution in [3.63, 3.8) is 0 Å². The van der Waals surface area contributed by atoms with Gasteiger partial charge in [-0.3, -0.25) is 0 Å². The maximum absolute atomic E-state index is 13.0. The van der Waals surface area contributed by atoms with Gasteiger partial charge in [0.1, 0.15) is 11.6 Å². The first kappa shape index (κ1) is 10.6. The van der Waals surface area contributed by atoms with Crippen LogP contribution in [-0.4, -0.2) is 4.98 Å². The fourth-order valence-electron chi connectivity index (χ4n) is 1.07. The Morgan fingerprint density at radius 1 is 1.40 bits per heavy atom. The zero-order chi connectivity index (χ0) is 10.8. The van der Waals surface area contributed by atoms with Crippen molar-refractivity contribution in [2.24, 2.45) is 0 Å². The van der Waals surface area contributed by atoms with Gasteiger partial charge in [0.25, 0.3) is 5.19 Å². The molecule has 0 spiro atoms. The molecule has 0 saturated heterocycles. The van der Waals surface area contributed by atoms with Gasteiger partial charge >= 0.3 is 0 Å². The summed E-state index contributed by atoms with van der Waals surface area (Å²) in [6.07, 6.45) is 0. The predicted molar refractivity (Wildman–Crippen MR) is 61.0 cm³/mol. The van der Waals surface area contributed by atoms with Crippen LogP contribution in [-0.2, 0) is 0 Å². The zero-order valence-corrected chi connectivity index (χ0v) is 10.2. The molecule has 0 fully saturated rings. The fourth-order valence-corrected chi connectivity index (χ4v) is 2.18. The second-order valence-electron chi connectivity index (χ2n) is 2.96. The first-order chi connectivity index (χ1) is 7.13. The van der Waals surface area contributed by atoms with E-state index in [0.29, 0.717) is 15.4 Å². The van der Waals surface area contributed by atoms with E-state index in [1.165, 1.54) is 23.5 Å². The quantitative estimate of drug-likeness (QED) is 0.828. The monoisotopic (exact) mass is 287 g/mol. The molecule has 1 aromatic carbocycles. The molecule has 0 atom stereocenters. The largest absolute Gasteiger partial charge is 0.431 e. The van der Waals surface area contributed by atoms with Crippen LogP contribution in [0.2, 0.25) is 0 Å². The Bertz CT molecular complexity index is 466. The van der Waals surface area contributed by atoms with E-state index in [1.54, 1.807) is 6.07 Å². The Morgan fingerprint density at radius 2 is 2.20 bits per heavy atom. The van der Waals surface area contributed by atoms with Crippen molar-refractivity contribution in [3.8, 4) is 10.9 Å². The number of halogens is 2. The van der Waals surface area contributed by atoms with E-state index in [-0.39, 0.29) is 5.82 Å². The summed E-state index contributed by atoms with van der Waals surface area (Å²) in [4.78, 5) is 4.12. The lowest BCUT2D eigenvalue weighted by molar-refractivity contribution is 0.472. The summed E-state index contributed by atoms with van der Waals surface area (Å²) in [7, 11) is 0. The Hall–Kier alpha value is -0.940. The van der Waals surface area contributed by atoms with Crippen LogP contribution in [0.5, 0.6) is 10.9 Å². The lowest BCUT2D eigenvalue weighted by Gasteiger charge is -2.02. The normalized spacial score (nSPS) is 10.3. The molecular formula is C10H7BrFNOS. The van der Waals surface area contributed by atoms with Gasteiger partial charge in [0.05, 0.1) is 5.69 Å². The Kier molecular flexibility index (Phi) is 3.02. The maximum atomic E-state index is 13.0.